The molecule has 1 aromatic carbocycles. The van der Waals surface area contributed by atoms with E-state index < -0.39 is 0 Å². The van der Waals surface area contributed by atoms with Crippen molar-refractivity contribution in [3.8, 4) is 0 Å². The molecule has 1 amide bonds. The third kappa shape index (κ3) is 3.31. The number of rotatable bonds is 3. The number of benzene rings is 1. The summed E-state index contributed by atoms with van der Waals surface area (Å²) in [6, 6.07) is 7.23. The van der Waals surface area contributed by atoms with Gasteiger partial charge in [-0.25, -0.2) is 0 Å². The predicted molar refractivity (Wildman–Crippen MR) is 61.8 cm³/mol. The van der Waals surface area contributed by atoms with Gasteiger partial charge in [-0.05, 0) is 25.1 Å². The van der Waals surface area contributed by atoms with E-state index in [9.17, 15) is 4.79 Å². The summed E-state index contributed by atoms with van der Waals surface area (Å²) in [6.45, 7) is 1.86. The fraction of sp³-hybridized carbons (Fsp3) is 0.300. The van der Waals surface area contributed by atoms with Gasteiger partial charge in [-0.15, -0.1) is 11.6 Å². The Morgan fingerprint density at radius 2 is 2.36 bits per heavy atom. The molecule has 0 aliphatic carbocycles. The van der Waals surface area contributed by atoms with Gasteiger partial charge < -0.3 is 5.32 Å². The van der Waals surface area contributed by atoms with Gasteiger partial charge in [0.25, 0.3) is 5.91 Å². The molecular weight excluding hydrogens is 265 g/mol. The predicted octanol–water partition coefficient (Wildman–Crippen LogP) is 2.81. The van der Waals surface area contributed by atoms with E-state index >= 15 is 0 Å². The average molecular weight is 277 g/mol. The lowest BCUT2D eigenvalue weighted by molar-refractivity contribution is 0.0943. The Bertz CT molecular complexity index is 330. The van der Waals surface area contributed by atoms with Crippen molar-refractivity contribution in [1.29, 1.82) is 0 Å². The van der Waals surface area contributed by atoms with E-state index in [0.717, 1.165) is 4.47 Å². The van der Waals surface area contributed by atoms with Crippen LogP contribution in [-0.2, 0) is 0 Å². The zero-order valence-corrected chi connectivity index (χ0v) is 10.1. The van der Waals surface area contributed by atoms with E-state index in [-0.39, 0.29) is 11.9 Å². The van der Waals surface area contributed by atoms with E-state index in [2.05, 4.69) is 21.2 Å². The lowest BCUT2D eigenvalue weighted by Gasteiger charge is -2.10. The molecule has 2 nitrogen and oxygen atoms in total. The summed E-state index contributed by atoms with van der Waals surface area (Å²) in [6.07, 6.45) is 0. The Morgan fingerprint density at radius 3 is 2.93 bits per heavy atom. The van der Waals surface area contributed by atoms with Crippen molar-refractivity contribution in [1.82, 2.24) is 5.32 Å². The van der Waals surface area contributed by atoms with E-state index in [0.29, 0.717) is 11.4 Å². The first-order valence-electron chi connectivity index (χ1n) is 4.26. The van der Waals surface area contributed by atoms with Crippen molar-refractivity contribution >= 4 is 33.4 Å². The molecule has 1 unspecified atom stereocenters. The first kappa shape index (κ1) is 11.5. The summed E-state index contributed by atoms with van der Waals surface area (Å²) in [7, 11) is 0. The lowest BCUT2D eigenvalue weighted by atomic mass is 10.2. The van der Waals surface area contributed by atoms with Gasteiger partial charge in [-0.2, -0.15) is 0 Å². The molecule has 4 heteroatoms. The van der Waals surface area contributed by atoms with Crippen molar-refractivity contribution in [3.63, 3.8) is 0 Å². The molecule has 0 saturated heterocycles. The summed E-state index contributed by atoms with van der Waals surface area (Å²) in [5.41, 5.74) is 0.636. The van der Waals surface area contributed by atoms with E-state index in [1.807, 2.05) is 19.1 Å². The summed E-state index contributed by atoms with van der Waals surface area (Å²) < 4.78 is 0.892. The van der Waals surface area contributed by atoms with Gasteiger partial charge in [-0.1, -0.05) is 22.0 Å². The van der Waals surface area contributed by atoms with Crippen LogP contribution in [0.3, 0.4) is 0 Å². The highest BCUT2D eigenvalue weighted by Gasteiger charge is 2.08. The van der Waals surface area contributed by atoms with Crippen LogP contribution in [0.2, 0.25) is 0 Å². The molecule has 0 heterocycles. The van der Waals surface area contributed by atoms with Gasteiger partial charge in [0.05, 0.1) is 0 Å². The first-order valence-corrected chi connectivity index (χ1v) is 5.58. The maximum Gasteiger partial charge on any atom is 0.251 e. The zero-order chi connectivity index (χ0) is 10.6. The molecule has 0 bridgehead atoms. The molecule has 0 saturated carbocycles. The first-order chi connectivity index (χ1) is 6.63. The largest absolute Gasteiger partial charge is 0.348 e. The molecule has 0 aliphatic heterocycles. The van der Waals surface area contributed by atoms with Gasteiger partial charge in [0.1, 0.15) is 0 Å². The Labute approximate surface area is 96.8 Å². The third-order valence-corrected chi connectivity index (χ3v) is 2.65. The second kappa shape index (κ2) is 5.37. The van der Waals surface area contributed by atoms with Crippen molar-refractivity contribution in [2.45, 2.75) is 13.0 Å². The molecule has 0 aliphatic rings. The third-order valence-electron chi connectivity index (χ3n) is 1.70. The van der Waals surface area contributed by atoms with Crippen LogP contribution in [-0.4, -0.2) is 17.8 Å². The van der Waals surface area contributed by atoms with Gasteiger partial charge in [0.15, 0.2) is 0 Å². The van der Waals surface area contributed by atoms with Crippen LogP contribution in [0, 0.1) is 0 Å². The lowest BCUT2D eigenvalue weighted by Crippen LogP contribution is -2.33. The highest BCUT2D eigenvalue weighted by atomic mass is 79.9. The number of carbonyl (C=O) groups excluding carboxylic acids is 1. The maximum atomic E-state index is 11.6. The van der Waals surface area contributed by atoms with Crippen LogP contribution in [0.5, 0.6) is 0 Å². The molecule has 76 valence electrons. The second-order valence-electron chi connectivity index (χ2n) is 3.04. The Kier molecular flexibility index (Phi) is 4.42. The number of hydrogen-bond acceptors (Lipinski definition) is 1. The van der Waals surface area contributed by atoms with E-state index in [1.165, 1.54) is 0 Å². The molecule has 0 spiro atoms. The Hall–Kier alpha value is -0.540. The second-order valence-corrected chi connectivity index (χ2v) is 4.26. The minimum atomic E-state index is -0.0977. The van der Waals surface area contributed by atoms with Crippen LogP contribution in [0.15, 0.2) is 28.7 Å². The normalized spacial score (nSPS) is 12.2. The molecule has 0 fully saturated rings. The summed E-state index contributed by atoms with van der Waals surface area (Å²) in [4.78, 5) is 11.6. The highest BCUT2D eigenvalue weighted by molar-refractivity contribution is 9.10. The van der Waals surface area contributed by atoms with Crippen molar-refractivity contribution in [3.05, 3.63) is 34.3 Å². The molecule has 1 atom stereocenters. The van der Waals surface area contributed by atoms with Crippen LogP contribution in [0.4, 0.5) is 0 Å². The number of carbonyl (C=O) groups is 1. The number of halogens is 2. The van der Waals surface area contributed by atoms with Gasteiger partial charge in [0.2, 0.25) is 0 Å². The SMILES string of the molecule is CC(CCl)NC(=O)c1cccc(Br)c1. The fourth-order valence-corrected chi connectivity index (χ4v) is 1.45. The minimum Gasteiger partial charge on any atom is -0.348 e. The molecule has 1 aromatic rings. The number of nitrogens with one attached hydrogen (secondary N) is 1. The number of alkyl halides is 1. The van der Waals surface area contributed by atoms with Crippen molar-refractivity contribution < 1.29 is 4.79 Å². The van der Waals surface area contributed by atoms with Gasteiger partial charge in [0, 0.05) is 22.0 Å². The van der Waals surface area contributed by atoms with Crippen molar-refractivity contribution in [2.24, 2.45) is 0 Å². The van der Waals surface area contributed by atoms with Crippen LogP contribution in [0.1, 0.15) is 17.3 Å². The van der Waals surface area contributed by atoms with Crippen molar-refractivity contribution in [2.75, 3.05) is 5.88 Å². The summed E-state index contributed by atoms with van der Waals surface area (Å²) >= 11 is 8.90. The fourth-order valence-electron chi connectivity index (χ4n) is 0.975. The van der Waals surface area contributed by atoms with E-state index in [4.69, 9.17) is 11.6 Å². The summed E-state index contributed by atoms with van der Waals surface area (Å²) in [5.74, 6) is 0.319. The molecule has 1 rings (SSSR count). The Morgan fingerprint density at radius 1 is 1.64 bits per heavy atom. The monoisotopic (exact) mass is 275 g/mol. The molecule has 0 radical (unpaired) electrons. The van der Waals surface area contributed by atoms with Crippen LogP contribution < -0.4 is 5.32 Å². The Balaban J connectivity index is 2.70. The molecular formula is C10H11BrClNO. The molecule has 0 aromatic heterocycles. The zero-order valence-electron chi connectivity index (χ0n) is 7.76. The standard InChI is InChI=1S/C10H11BrClNO/c1-7(6-12)13-10(14)8-3-2-4-9(11)5-8/h2-5,7H,6H2,1H3,(H,13,14). The summed E-state index contributed by atoms with van der Waals surface area (Å²) in [5, 5.41) is 2.78. The van der Waals surface area contributed by atoms with Crippen LogP contribution in [0.25, 0.3) is 0 Å². The topological polar surface area (TPSA) is 29.1 Å². The molecule has 14 heavy (non-hydrogen) atoms. The number of hydrogen-bond donors (Lipinski definition) is 1. The number of amides is 1. The quantitative estimate of drug-likeness (QED) is 0.845. The highest BCUT2D eigenvalue weighted by Crippen LogP contribution is 2.11. The smallest absolute Gasteiger partial charge is 0.251 e. The van der Waals surface area contributed by atoms with E-state index in [1.54, 1.807) is 12.1 Å². The minimum absolute atomic E-state index is 0.0110. The van der Waals surface area contributed by atoms with Crippen LogP contribution >= 0.6 is 27.5 Å². The molecule has 1 N–H and O–H groups in total. The maximum absolute atomic E-state index is 11.6. The average Bonchev–Trinajstić information content (AvgIpc) is 2.17. The van der Waals surface area contributed by atoms with Gasteiger partial charge >= 0.3 is 0 Å². The van der Waals surface area contributed by atoms with Gasteiger partial charge in [-0.3, -0.25) is 4.79 Å².